The van der Waals surface area contributed by atoms with Crippen molar-refractivity contribution in [2.45, 2.75) is 52.2 Å². The zero-order valence-electron chi connectivity index (χ0n) is 32.3. The lowest BCUT2D eigenvalue weighted by atomic mass is 10.1. The summed E-state index contributed by atoms with van der Waals surface area (Å²) in [6, 6.07) is 50.0. The minimum absolute atomic E-state index is 0.350. The number of benzene rings is 6. The van der Waals surface area contributed by atoms with Gasteiger partial charge in [0.05, 0.1) is 49.1 Å². The lowest BCUT2D eigenvalue weighted by Gasteiger charge is -2.22. The first-order chi connectivity index (χ1) is 27.9. The molecular weight excluding hydrogens is 763 g/mol. The van der Waals surface area contributed by atoms with Crippen molar-refractivity contribution in [2.24, 2.45) is 10.2 Å². The summed E-state index contributed by atoms with van der Waals surface area (Å²) in [5.41, 5.74) is 6.08. The second-order valence-corrected chi connectivity index (χ2v) is 16.8. The van der Waals surface area contributed by atoms with Crippen LogP contribution in [-0.4, -0.2) is 64.5 Å². The molecule has 7 aromatic rings. The maximum atomic E-state index is 11.3. The molecule has 0 amide bonds. The van der Waals surface area contributed by atoms with Crippen LogP contribution in [0.15, 0.2) is 175 Å². The van der Waals surface area contributed by atoms with Crippen molar-refractivity contribution in [2.75, 3.05) is 35.1 Å². The van der Waals surface area contributed by atoms with E-state index in [0.717, 1.165) is 55.7 Å². The Kier molecular flexibility index (Phi) is 13.7. The molecule has 0 bridgehead atoms. The molecular formula is C47H47N5O2S3. The van der Waals surface area contributed by atoms with Crippen molar-refractivity contribution in [1.82, 2.24) is 4.57 Å². The van der Waals surface area contributed by atoms with Crippen LogP contribution < -0.4 is 10.0 Å². The normalized spacial score (nSPS) is 12.9. The van der Waals surface area contributed by atoms with Crippen LogP contribution in [-0.2, 0) is 6.54 Å². The number of hydrogen-bond acceptors (Lipinski definition) is 9. The van der Waals surface area contributed by atoms with Crippen molar-refractivity contribution in [3.05, 3.63) is 157 Å². The van der Waals surface area contributed by atoms with Gasteiger partial charge in [0.25, 0.3) is 0 Å². The van der Waals surface area contributed by atoms with E-state index in [1.807, 2.05) is 83.1 Å². The molecule has 290 valence electrons. The van der Waals surface area contributed by atoms with Gasteiger partial charge in [-0.1, -0.05) is 60.3 Å². The first-order valence-corrected chi connectivity index (χ1v) is 22.1. The fourth-order valence-corrected chi connectivity index (χ4v) is 8.67. The summed E-state index contributed by atoms with van der Waals surface area (Å²) in [5, 5.41) is 37.1. The first kappa shape index (κ1) is 40.2. The molecule has 0 aliphatic heterocycles. The molecule has 0 saturated carbocycles. The van der Waals surface area contributed by atoms with E-state index in [1.165, 1.54) is 14.7 Å². The molecule has 10 heteroatoms. The standard InChI is InChI=1S/C47H47N5O2S3/c1-4-50-46-25-15-35(29-48-51(31-34(2)53)37-11-7-5-8-12-37)27-44(46)45-28-36(16-26-47(45)50)30-49-52(38-13-9-6-10-14-38)32-39(54)33-56-41-19-23-43(24-20-41)57-42-21-17-40(55-3)18-22-42/h5-30,34,39,53-54H,4,31-33H2,1-3H3/b48-29-,49-30-. The number of hydrazone groups is 2. The molecule has 2 atom stereocenters. The largest absolute Gasteiger partial charge is 0.391 e. The molecule has 7 rings (SSSR count). The molecule has 1 aromatic heterocycles. The van der Waals surface area contributed by atoms with Crippen molar-refractivity contribution in [3.8, 4) is 0 Å². The predicted molar refractivity (Wildman–Crippen MR) is 245 cm³/mol. The lowest BCUT2D eigenvalue weighted by molar-refractivity contribution is 0.200. The molecule has 0 aliphatic carbocycles. The Bertz CT molecular complexity index is 2420. The number of thioether (sulfide) groups is 2. The Morgan fingerprint density at radius 3 is 1.56 bits per heavy atom. The number of aryl methyl sites for hydroxylation is 1. The average Bonchev–Trinajstić information content (AvgIpc) is 3.56. The highest BCUT2D eigenvalue weighted by Gasteiger charge is 2.15. The fourth-order valence-electron chi connectivity index (χ4n) is 6.63. The monoisotopic (exact) mass is 809 g/mol. The van der Waals surface area contributed by atoms with Crippen molar-refractivity contribution in [1.29, 1.82) is 0 Å². The molecule has 0 fully saturated rings. The van der Waals surface area contributed by atoms with E-state index >= 15 is 0 Å². The van der Waals surface area contributed by atoms with Gasteiger partial charge in [-0.2, -0.15) is 10.2 Å². The molecule has 7 nitrogen and oxygen atoms in total. The quantitative estimate of drug-likeness (QED) is 0.0539. The van der Waals surface area contributed by atoms with Gasteiger partial charge in [-0.25, -0.2) is 0 Å². The van der Waals surface area contributed by atoms with Crippen LogP contribution in [0.4, 0.5) is 11.4 Å². The van der Waals surface area contributed by atoms with E-state index in [0.29, 0.717) is 18.8 Å². The van der Waals surface area contributed by atoms with Crippen LogP contribution in [0, 0.1) is 0 Å². The summed E-state index contributed by atoms with van der Waals surface area (Å²) >= 11 is 5.15. The Hall–Kier alpha value is -4.97. The summed E-state index contributed by atoms with van der Waals surface area (Å²) in [6.07, 6.45) is 4.69. The Labute approximate surface area is 348 Å². The summed E-state index contributed by atoms with van der Waals surface area (Å²) in [5.74, 6) is 0.539. The van der Waals surface area contributed by atoms with Crippen LogP contribution in [0.5, 0.6) is 0 Å². The third-order valence-electron chi connectivity index (χ3n) is 9.41. The number of anilines is 2. The average molecular weight is 810 g/mol. The highest BCUT2D eigenvalue weighted by atomic mass is 32.2. The third kappa shape index (κ3) is 10.5. The molecule has 0 radical (unpaired) electrons. The predicted octanol–water partition coefficient (Wildman–Crippen LogP) is 10.9. The maximum Gasteiger partial charge on any atom is 0.0830 e. The zero-order chi connectivity index (χ0) is 39.6. The van der Waals surface area contributed by atoms with E-state index in [-0.39, 0.29) is 0 Å². The van der Waals surface area contributed by atoms with Gasteiger partial charge in [0.1, 0.15) is 0 Å². The number of aromatic nitrogens is 1. The fraction of sp³-hybridized carbons (Fsp3) is 0.191. The SMILES string of the molecule is CCn1c2ccc(/C=N\N(CC(C)O)c3ccccc3)cc2c2cc(/C=N\N(CC(O)CSc3ccc(Sc4ccc(SC)cc4)cc3)c3ccccc3)ccc21. The van der Waals surface area contributed by atoms with Gasteiger partial charge >= 0.3 is 0 Å². The number of hydrogen-bond donors (Lipinski definition) is 2. The molecule has 0 spiro atoms. The summed E-state index contributed by atoms with van der Waals surface area (Å²) < 4.78 is 2.33. The molecule has 0 aliphatic rings. The molecule has 57 heavy (non-hydrogen) atoms. The van der Waals surface area contributed by atoms with Gasteiger partial charge < -0.3 is 14.8 Å². The summed E-state index contributed by atoms with van der Waals surface area (Å²) in [6.45, 7) is 5.51. The number of aliphatic hydroxyl groups excluding tert-OH is 2. The minimum atomic E-state index is -0.611. The third-order valence-corrected chi connectivity index (χ3v) is 12.3. The number of aliphatic hydroxyl groups is 2. The lowest BCUT2D eigenvalue weighted by Crippen LogP contribution is -2.30. The number of rotatable bonds is 17. The van der Waals surface area contributed by atoms with Gasteiger partial charge in [0.2, 0.25) is 0 Å². The van der Waals surface area contributed by atoms with Crippen LogP contribution in [0.3, 0.4) is 0 Å². The molecule has 2 unspecified atom stereocenters. The number of nitrogens with zero attached hydrogens (tertiary/aromatic N) is 5. The number of fused-ring (bicyclic) bond motifs is 3. The van der Waals surface area contributed by atoms with Crippen molar-refractivity contribution in [3.63, 3.8) is 0 Å². The van der Waals surface area contributed by atoms with Crippen molar-refractivity contribution >= 4 is 80.9 Å². The highest BCUT2D eigenvalue weighted by Crippen LogP contribution is 2.32. The molecule has 6 aromatic carbocycles. The van der Waals surface area contributed by atoms with Gasteiger partial charge in [-0.15, -0.1) is 23.5 Å². The first-order valence-electron chi connectivity index (χ1n) is 19.1. The summed E-state index contributed by atoms with van der Waals surface area (Å²) in [4.78, 5) is 4.78. The van der Waals surface area contributed by atoms with E-state index in [2.05, 4.69) is 103 Å². The topological polar surface area (TPSA) is 76.6 Å². The molecule has 0 saturated heterocycles. The van der Waals surface area contributed by atoms with Gasteiger partial charge in [0.15, 0.2) is 0 Å². The van der Waals surface area contributed by atoms with Crippen LogP contribution in [0.2, 0.25) is 0 Å². The highest BCUT2D eigenvalue weighted by molar-refractivity contribution is 8.00. The van der Waals surface area contributed by atoms with Gasteiger partial charge in [0, 0.05) is 53.7 Å². The summed E-state index contributed by atoms with van der Waals surface area (Å²) in [7, 11) is 0. The van der Waals surface area contributed by atoms with E-state index in [4.69, 9.17) is 10.2 Å². The zero-order valence-corrected chi connectivity index (χ0v) is 34.8. The van der Waals surface area contributed by atoms with E-state index < -0.39 is 12.2 Å². The van der Waals surface area contributed by atoms with E-state index in [1.54, 1.807) is 42.2 Å². The Morgan fingerprint density at radius 2 is 1.09 bits per heavy atom. The van der Waals surface area contributed by atoms with Crippen LogP contribution in [0.1, 0.15) is 25.0 Å². The molecule has 1 heterocycles. The second-order valence-electron chi connectivity index (χ2n) is 13.7. The molecule has 2 N–H and O–H groups in total. The van der Waals surface area contributed by atoms with Gasteiger partial charge in [-0.05, 0) is 128 Å². The Morgan fingerprint density at radius 1 is 0.614 bits per heavy atom. The second kappa shape index (κ2) is 19.5. The Balaban J connectivity index is 1.07. The van der Waals surface area contributed by atoms with Crippen molar-refractivity contribution < 1.29 is 10.2 Å². The smallest absolute Gasteiger partial charge is 0.0830 e. The van der Waals surface area contributed by atoms with E-state index in [9.17, 15) is 10.2 Å². The van der Waals surface area contributed by atoms with Crippen LogP contribution >= 0.6 is 35.3 Å². The van der Waals surface area contributed by atoms with Gasteiger partial charge in [-0.3, -0.25) is 10.0 Å². The van der Waals surface area contributed by atoms with Crippen LogP contribution in [0.25, 0.3) is 21.8 Å². The maximum absolute atomic E-state index is 11.3. The minimum Gasteiger partial charge on any atom is -0.391 e. The number of para-hydroxylation sites is 2.